The maximum absolute atomic E-state index is 10.8. The maximum Gasteiger partial charge on any atom is 0.345 e. The second-order valence-corrected chi connectivity index (χ2v) is 5.21. The van der Waals surface area contributed by atoms with Gasteiger partial charge in [0.05, 0.1) is 4.92 Å². The van der Waals surface area contributed by atoms with Crippen LogP contribution in [0.15, 0.2) is 34.8 Å². The first kappa shape index (κ1) is 13.5. The van der Waals surface area contributed by atoms with Crippen molar-refractivity contribution in [3.05, 3.63) is 49.8 Å². The number of rotatable bonds is 4. The Bertz CT molecular complexity index is 654. The van der Waals surface area contributed by atoms with Crippen molar-refractivity contribution in [1.82, 2.24) is 0 Å². The van der Waals surface area contributed by atoms with Crippen molar-refractivity contribution in [3.63, 3.8) is 0 Å². The van der Waals surface area contributed by atoms with E-state index in [4.69, 9.17) is 9.84 Å². The Morgan fingerprint density at radius 2 is 2.11 bits per heavy atom. The third-order valence-corrected chi connectivity index (χ3v) is 3.89. The van der Waals surface area contributed by atoms with Crippen LogP contribution in [-0.2, 0) is 0 Å². The van der Waals surface area contributed by atoms with Gasteiger partial charge in [-0.15, -0.1) is 0 Å². The molecule has 0 aliphatic heterocycles. The molecular formula is C11H6BrNO5S. The Balaban J connectivity index is 2.30. The summed E-state index contributed by atoms with van der Waals surface area (Å²) >= 11 is 4.04. The van der Waals surface area contributed by atoms with Crippen molar-refractivity contribution in [2.75, 3.05) is 0 Å². The summed E-state index contributed by atoms with van der Waals surface area (Å²) in [5.41, 5.74) is -0.118. The van der Waals surface area contributed by atoms with E-state index in [1.165, 1.54) is 24.3 Å². The fourth-order valence-electron chi connectivity index (χ4n) is 1.32. The minimum atomic E-state index is -1.04. The summed E-state index contributed by atoms with van der Waals surface area (Å²) in [6.45, 7) is 0. The van der Waals surface area contributed by atoms with Crippen molar-refractivity contribution in [2.24, 2.45) is 0 Å². The van der Waals surface area contributed by atoms with Gasteiger partial charge in [-0.25, -0.2) is 4.79 Å². The third-order valence-electron chi connectivity index (χ3n) is 2.14. The highest BCUT2D eigenvalue weighted by Crippen LogP contribution is 2.38. The molecular weight excluding hydrogens is 338 g/mol. The monoisotopic (exact) mass is 343 g/mol. The van der Waals surface area contributed by atoms with Gasteiger partial charge in [-0.05, 0) is 34.1 Å². The average molecular weight is 344 g/mol. The van der Waals surface area contributed by atoms with Crippen LogP contribution in [0.25, 0.3) is 0 Å². The predicted molar refractivity (Wildman–Crippen MR) is 72.1 cm³/mol. The highest BCUT2D eigenvalue weighted by Gasteiger charge is 2.17. The van der Waals surface area contributed by atoms with Crippen LogP contribution in [0.5, 0.6) is 10.8 Å². The molecule has 1 aromatic carbocycles. The van der Waals surface area contributed by atoms with Crippen LogP contribution in [0.4, 0.5) is 5.69 Å². The van der Waals surface area contributed by atoms with Crippen LogP contribution >= 0.6 is 27.3 Å². The van der Waals surface area contributed by atoms with E-state index in [2.05, 4.69) is 15.9 Å². The Kier molecular flexibility index (Phi) is 3.82. The van der Waals surface area contributed by atoms with Gasteiger partial charge in [-0.1, -0.05) is 17.4 Å². The Morgan fingerprint density at radius 3 is 2.68 bits per heavy atom. The van der Waals surface area contributed by atoms with Gasteiger partial charge in [0.1, 0.15) is 15.1 Å². The van der Waals surface area contributed by atoms with E-state index in [-0.39, 0.29) is 20.8 Å². The number of nitro benzene ring substituents is 1. The normalized spacial score (nSPS) is 10.2. The number of carboxylic acids is 1. The molecule has 98 valence electrons. The van der Waals surface area contributed by atoms with E-state index in [0.29, 0.717) is 5.06 Å². The van der Waals surface area contributed by atoms with E-state index >= 15 is 0 Å². The topological polar surface area (TPSA) is 89.7 Å². The maximum atomic E-state index is 10.8. The predicted octanol–water partition coefficient (Wildman–Crippen LogP) is 3.91. The molecule has 1 heterocycles. The molecule has 0 saturated carbocycles. The molecule has 0 fully saturated rings. The molecule has 0 amide bonds. The van der Waals surface area contributed by atoms with Crippen LogP contribution < -0.4 is 4.74 Å². The number of hydrogen-bond donors (Lipinski definition) is 1. The van der Waals surface area contributed by atoms with Gasteiger partial charge < -0.3 is 9.84 Å². The number of aromatic carboxylic acids is 1. The Hall–Kier alpha value is -1.93. The summed E-state index contributed by atoms with van der Waals surface area (Å²) in [5, 5.41) is 19.9. The highest BCUT2D eigenvalue weighted by atomic mass is 79.9. The Morgan fingerprint density at radius 1 is 1.37 bits per heavy atom. The number of halogens is 1. The van der Waals surface area contributed by atoms with Gasteiger partial charge >= 0.3 is 5.97 Å². The van der Waals surface area contributed by atoms with Crippen molar-refractivity contribution in [2.45, 2.75) is 0 Å². The van der Waals surface area contributed by atoms with Crippen LogP contribution in [-0.4, -0.2) is 16.0 Å². The molecule has 0 spiro atoms. The number of benzene rings is 1. The van der Waals surface area contributed by atoms with E-state index in [1.807, 2.05) is 0 Å². The standard InChI is InChI=1S/C11H6BrNO5S/c12-10-6(13(16)17)2-1-3-7(10)18-9-5-4-8(19-9)11(14)15/h1-5H,(H,14,15). The first-order valence-electron chi connectivity index (χ1n) is 4.93. The number of nitrogens with zero attached hydrogens (tertiary/aromatic N) is 1. The summed E-state index contributed by atoms with van der Waals surface area (Å²) in [5.74, 6) is -0.786. The van der Waals surface area contributed by atoms with Gasteiger partial charge in [0.2, 0.25) is 0 Å². The van der Waals surface area contributed by atoms with Crippen LogP contribution in [0.1, 0.15) is 9.67 Å². The van der Waals surface area contributed by atoms with E-state index < -0.39 is 10.9 Å². The fraction of sp³-hybridized carbons (Fsp3) is 0. The molecule has 6 nitrogen and oxygen atoms in total. The molecule has 8 heteroatoms. The molecule has 0 aliphatic rings. The van der Waals surface area contributed by atoms with E-state index in [9.17, 15) is 14.9 Å². The molecule has 2 aromatic rings. The zero-order valence-electron chi connectivity index (χ0n) is 9.20. The van der Waals surface area contributed by atoms with E-state index in [0.717, 1.165) is 11.3 Å². The number of hydrogen-bond acceptors (Lipinski definition) is 5. The molecule has 0 bridgehead atoms. The molecule has 0 radical (unpaired) electrons. The largest absolute Gasteiger partial charge is 0.477 e. The first-order valence-corrected chi connectivity index (χ1v) is 6.54. The minimum Gasteiger partial charge on any atom is -0.477 e. The van der Waals surface area contributed by atoms with Crippen molar-refractivity contribution in [3.8, 4) is 10.8 Å². The molecule has 0 aliphatic carbocycles. The zero-order valence-corrected chi connectivity index (χ0v) is 11.6. The average Bonchev–Trinajstić information content (AvgIpc) is 2.80. The third kappa shape index (κ3) is 2.91. The summed E-state index contributed by atoms with van der Waals surface area (Å²) in [4.78, 5) is 21.1. The highest BCUT2D eigenvalue weighted by molar-refractivity contribution is 9.10. The van der Waals surface area contributed by atoms with Gasteiger partial charge in [0, 0.05) is 6.07 Å². The lowest BCUT2D eigenvalue weighted by molar-refractivity contribution is -0.385. The lowest BCUT2D eigenvalue weighted by Crippen LogP contribution is -1.91. The molecule has 2 rings (SSSR count). The Labute approximate surface area is 119 Å². The van der Waals surface area contributed by atoms with Crippen LogP contribution in [0.2, 0.25) is 0 Å². The molecule has 0 unspecified atom stereocenters. The number of nitro groups is 1. The number of carboxylic acid groups (broad SMARTS) is 1. The van der Waals surface area contributed by atoms with Crippen molar-refractivity contribution < 1.29 is 19.6 Å². The second kappa shape index (κ2) is 5.37. The van der Waals surface area contributed by atoms with Gasteiger partial charge in [-0.2, -0.15) is 0 Å². The zero-order chi connectivity index (χ0) is 14.0. The van der Waals surface area contributed by atoms with Crippen LogP contribution in [0.3, 0.4) is 0 Å². The molecule has 1 N–H and O–H groups in total. The van der Waals surface area contributed by atoms with Gasteiger partial charge in [0.25, 0.3) is 5.69 Å². The summed E-state index contributed by atoms with van der Waals surface area (Å²) in [6.07, 6.45) is 0. The number of ether oxygens (including phenoxy) is 1. The SMILES string of the molecule is O=C(O)c1ccc(Oc2cccc([N+](=O)[O-])c2Br)s1. The molecule has 19 heavy (non-hydrogen) atoms. The molecule has 0 atom stereocenters. The lowest BCUT2D eigenvalue weighted by Gasteiger charge is -2.05. The minimum absolute atomic E-state index is 0.118. The second-order valence-electron chi connectivity index (χ2n) is 3.37. The summed E-state index contributed by atoms with van der Waals surface area (Å²) in [6, 6.07) is 7.29. The summed E-state index contributed by atoms with van der Waals surface area (Å²) < 4.78 is 5.65. The number of thiophene rings is 1. The smallest absolute Gasteiger partial charge is 0.345 e. The fourth-order valence-corrected chi connectivity index (χ4v) is 2.52. The lowest BCUT2D eigenvalue weighted by atomic mass is 10.3. The van der Waals surface area contributed by atoms with E-state index in [1.54, 1.807) is 6.07 Å². The quantitative estimate of drug-likeness (QED) is 0.671. The van der Waals surface area contributed by atoms with Gasteiger partial charge in [0.15, 0.2) is 5.06 Å². The van der Waals surface area contributed by atoms with Gasteiger partial charge in [-0.3, -0.25) is 10.1 Å². The summed E-state index contributed by atoms with van der Waals surface area (Å²) in [7, 11) is 0. The van der Waals surface area contributed by atoms with Crippen LogP contribution in [0, 0.1) is 10.1 Å². The van der Waals surface area contributed by atoms with Crippen molar-refractivity contribution in [1.29, 1.82) is 0 Å². The van der Waals surface area contributed by atoms with Crippen molar-refractivity contribution >= 4 is 38.9 Å². The first-order chi connectivity index (χ1) is 8.99. The molecule has 1 aromatic heterocycles. The number of carbonyl (C=O) groups is 1. The molecule has 0 saturated heterocycles.